The van der Waals surface area contributed by atoms with Crippen LogP contribution in [0.1, 0.15) is 12.6 Å². The molecule has 0 radical (unpaired) electrons. The molecule has 0 aliphatic carbocycles. The van der Waals surface area contributed by atoms with E-state index in [1.807, 2.05) is 17.5 Å². The minimum Gasteiger partial charge on any atom is -0.391 e. The Morgan fingerprint density at radius 3 is 3.06 bits per heavy atom. The smallest absolute Gasteiger partial charge is 0.180 e. The first-order valence-corrected chi connectivity index (χ1v) is 6.46. The summed E-state index contributed by atoms with van der Waals surface area (Å²) in [5, 5.41) is 11.6. The number of aromatic nitrogens is 2. The molecule has 0 saturated carbocycles. The summed E-state index contributed by atoms with van der Waals surface area (Å²) in [5.41, 5.74) is 8.14. The van der Waals surface area contributed by atoms with E-state index < -0.39 is 6.10 Å². The van der Waals surface area contributed by atoms with Crippen LogP contribution in [0.3, 0.4) is 0 Å². The number of aliphatic hydroxyl groups is 1. The molecule has 0 unspecified atom stereocenters. The number of pyridine rings is 1. The normalized spacial score (nSPS) is 12.6. The average molecular weight is 265 g/mol. The minimum absolute atomic E-state index is 0.287. The van der Waals surface area contributed by atoms with Gasteiger partial charge in [-0.1, -0.05) is 0 Å². The number of nitrogens with two attached hydrogens (primary N) is 1. The second kappa shape index (κ2) is 5.90. The van der Waals surface area contributed by atoms with Crippen LogP contribution in [0.15, 0.2) is 23.7 Å². The largest absolute Gasteiger partial charge is 0.391 e. The Morgan fingerprint density at radius 1 is 1.56 bits per heavy atom. The van der Waals surface area contributed by atoms with E-state index in [-0.39, 0.29) is 6.61 Å². The first kappa shape index (κ1) is 12.9. The molecule has 2 heterocycles. The van der Waals surface area contributed by atoms with Gasteiger partial charge in [-0.3, -0.25) is 4.98 Å². The van der Waals surface area contributed by atoms with E-state index in [1.165, 1.54) is 11.3 Å². The van der Waals surface area contributed by atoms with Gasteiger partial charge in [-0.2, -0.15) is 0 Å². The Labute approximate surface area is 109 Å². The number of ether oxygens (including phenoxy) is 1. The van der Waals surface area contributed by atoms with Crippen LogP contribution in [0, 0.1) is 0 Å². The van der Waals surface area contributed by atoms with Crippen LogP contribution in [0.4, 0.5) is 5.13 Å². The molecular weight excluding hydrogens is 250 g/mol. The van der Waals surface area contributed by atoms with Gasteiger partial charge in [0.15, 0.2) is 5.13 Å². The summed E-state index contributed by atoms with van der Waals surface area (Å²) < 4.78 is 5.38. The molecule has 96 valence electrons. The van der Waals surface area contributed by atoms with Crippen molar-refractivity contribution in [2.45, 2.75) is 19.6 Å². The second-order valence-electron chi connectivity index (χ2n) is 3.93. The molecule has 3 N–H and O–H groups in total. The van der Waals surface area contributed by atoms with Crippen molar-refractivity contribution in [3.8, 4) is 11.3 Å². The highest BCUT2D eigenvalue weighted by atomic mass is 32.1. The highest BCUT2D eigenvalue weighted by Crippen LogP contribution is 2.25. The number of hydrogen-bond donors (Lipinski definition) is 2. The molecule has 2 rings (SSSR count). The van der Waals surface area contributed by atoms with E-state index in [9.17, 15) is 0 Å². The van der Waals surface area contributed by atoms with Gasteiger partial charge in [-0.05, 0) is 19.1 Å². The highest BCUT2D eigenvalue weighted by molar-refractivity contribution is 7.13. The number of nitrogen functional groups attached to an aromatic ring is 1. The van der Waals surface area contributed by atoms with Crippen molar-refractivity contribution in [2.75, 3.05) is 12.3 Å². The van der Waals surface area contributed by atoms with Gasteiger partial charge in [0.2, 0.25) is 0 Å². The summed E-state index contributed by atoms with van der Waals surface area (Å²) in [7, 11) is 0. The molecule has 1 atom stereocenters. The molecule has 0 fully saturated rings. The van der Waals surface area contributed by atoms with Crippen molar-refractivity contribution in [2.24, 2.45) is 0 Å². The lowest BCUT2D eigenvalue weighted by Gasteiger charge is -2.08. The minimum atomic E-state index is -0.480. The lowest BCUT2D eigenvalue weighted by Crippen LogP contribution is -2.11. The molecule has 0 spiro atoms. The van der Waals surface area contributed by atoms with Crippen LogP contribution in [0.5, 0.6) is 0 Å². The van der Waals surface area contributed by atoms with Gasteiger partial charge in [0.05, 0.1) is 30.7 Å². The highest BCUT2D eigenvalue weighted by Gasteiger charge is 2.09. The Hall–Kier alpha value is -1.50. The van der Waals surface area contributed by atoms with Crippen LogP contribution < -0.4 is 5.73 Å². The van der Waals surface area contributed by atoms with Crippen molar-refractivity contribution < 1.29 is 9.84 Å². The van der Waals surface area contributed by atoms with E-state index in [0.717, 1.165) is 17.0 Å². The Morgan fingerprint density at radius 2 is 2.39 bits per heavy atom. The third-order valence-corrected chi connectivity index (χ3v) is 2.96. The quantitative estimate of drug-likeness (QED) is 0.859. The molecule has 0 aromatic carbocycles. The molecule has 2 aromatic rings. The number of rotatable bonds is 5. The van der Waals surface area contributed by atoms with Gasteiger partial charge >= 0.3 is 0 Å². The summed E-state index contributed by atoms with van der Waals surface area (Å²) in [6, 6.07) is 3.78. The van der Waals surface area contributed by atoms with E-state index in [1.54, 1.807) is 13.1 Å². The predicted octanol–water partition coefficient (Wildman–Crippen LogP) is 1.68. The fraction of sp³-hybridized carbons (Fsp3) is 0.333. The van der Waals surface area contributed by atoms with Gasteiger partial charge in [0.1, 0.15) is 0 Å². The molecule has 2 aromatic heterocycles. The van der Waals surface area contributed by atoms with E-state index in [4.69, 9.17) is 15.6 Å². The lowest BCUT2D eigenvalue weighted by atomic mass is 10.1. The van der Waals surface area contributed by atoms with Crippen molar-refractivity contribution in [3.63, 3.8) is 0 Å². The number of aliphatic hydroxyl groups excluding tert-OH is 1. The van der Waals surface area contributed by atoms with Crippen LogP contribution in [-0.4, -0.2) is 27.8 Å². The Kier molecular flexibility index (Phi) is 4.24. The number of hydrogen-bond acceptors (Lipinski definition) is 6. The monoisotopic (exact) mass is 265 g/mol. The molecule has 0 amide bonds. The molecule has 0 aliphatic heterocycles. The summed E-state index contributed by atoms with van der Waals surface area (Å²) in [6.45, 7) is 2.31. The average Bonchev–Trinajstić information content (AvgIpc) is 2.76. The maximum Gasteiger partial charge on any atom is 0.180 e. The van der Waals surface area contributed by atoms with Crippen LogP contribution in [0.2, 0.25) is 0 Å². The lowest BCUT2D eigenvalue weighted by molar-refractivity contribution is 0.0365. The van der Waals surface area contributed by atoms with Gasteiger partial charge in [0, 0.05) is 17.1 Å². The predicted molar refractivity (Wildman–Crippen MR) is 71.1 cm³/mol. The number of nitrogens with zero attached hydrogens (tertiary/aromatic N) is 2. The van der Waals surface area contributed by atoms with Crippen molar-refractivity contribution in [3.05, 3.63) is 29.4 Å². The van der Waals surface area contributed by atoms with Crippen molar-refractivity contribution in [1.82, 2.24) is 9.97 Å². The summed E-state index contributed by atoms with van der Waals surface area (Å²) in [5.74, 6) is 0. The first-order valence-electron chi connectivity index (χ1n) is 5.58. The van der Waals surface area contributed by atoms with Crippen molar-refractivity contribution in [1.29, 1.82) is 0 Å². The van der Waals surface area contributed by atoms with Gasteiger partial charge in [-0.25, -0.2) is 4.98 Å². The first-order chi connectivity index (χ1) is 8.66. The van der Waals surface area contributed by atoms with E-state index >= 15 is 0 Å². The number of thiazole rings is 1. The van der Waals surface area contributed by atoms with Gasteiger partial charge in [-0.15, -0.1) is 11.3 Å². The summed E-state index contributed by atoms with van der Waals surface area (Å²) >= 11 is 1.39. The van der Waals surface area contributed by atoms with Crippen LogP contribution in [0.25, 0.3) is 11.3 Å². The molecular formula is C12H15N3O2S. The molecule has 0 bridgehead atoms. The maximum atomic E-state index is 9.15. The SMILES string of the molecule is C[C@@H](O)COCc1ncccc1-c1csc(N)n1. The molecule has 0 saturated heterocycles. The topological polar surface area (TPSA) is 81.3 Å². The van der Waals surface area contributed by atoms with Crippen LogP contribution >= 0.6 is 11.3 Å². The molecule has 6 heteroatoms. The zero-order valence-electron chi connectivity index (χ0n) is 10.0. The number of anilines is 1. The second-order valence-corrected chi connectivity index (χ2v) is 4.82. The summed E-state index contributed by atoms with van der Waals surface area (Å²) in [6.07, 6.45) is 1.23. The maximum absolute atomic E-state index is 9.15. The molecule has 5 nitrogen and oxygen atoms in total. The third-order valence-electron chi connectivity index (χ3n) is 2.29. The fourth-order valence-corrected chi connectivity index (χ4v) is 2.09. The standard InChI is InChI=1S/C12H15N3O2S/c1-8(16)5-17-6-10-9(3-2-4-14-10)11-7-18-12(13)15-11/h2-4,7-8,16H,5-6H2,1H3,(H2,13,15)/t8-/m1/s1. The molecule has 0 aliphatic rings. The Balaban J connectivity index is 2.15. The molecule has 18 heavy (non-hydrogen) atoms. The van der Waals surface area contributed by atoms with Crippen LogP contribution in [-0.2, 0) is 11.3 Å². The Bertz CT molecular complexity index is 514. The fourth-order valence-electron chi connectivity index (χ4n) is 1.52. The summed E-state index contributed by atoms with van der Waals surface area (Å²) in [4.78, 5) is 8.51. The zero-order valence-corrected chi connectivity index (χ0v) is 10.9. The van der Waals surface area contributed by atoms with Gasteiger partial charge < -0.3 is 15.6 Å². The van der Waals surface area contributed by atoms with Crippen molar-refractivity contribution >= 4 is 16.5 Å². The van der Waals surface area contributed by atoms with E-state index in [0.29, 0.717) is 11.7 Å². The van der Waals surface area contributed by atoms with E-state index in [2.05, 4.69) is 9.97 Å². The zero-order chi connectivity index (χ0) is 13.0. The third kappa shape index (κ3) is 3.25. The van der Waals surface area contributed by atoms with Gasteiger partial charge in [0.25, 0.3) is 0 Å².